The molecule has 27 heavy (non-hydrogen) atoms. The fourth-order valence-corrected chi connectivity index (χ4v) is 4.72. The third-order valence-electron chi connectivity index (χ3n) is 3.76. The van der Waals surface area contributed by atoms with Gasteiger partial charge in [-0.2, -0.15) is 0 Å². The number of aromatic nitrogens is 1. The van der Waals surface area contributed by atoms with Crippen LogP contribution in [0.15, 0.2) is 57.2 Å². The highest BCUT2D eigenvalue weighted by Crippen LogP contribution is 2.34. The lowest BCUT2D eigenvalue weighted by molar-refractivity contribution is -0.118. The van der Waals surface area contributed by atoms with Gasteiger partial charge in [0.15, 0.2) is 11.7 Å². The number of nitrogens with zero attached hydrogens (tertiary/aromatic N) is 1. The zero-order valence-electron chi connectivity index (χ0n) is 13.6. The number of anilines is 2. The van der Waals surface area contributed by atoms with Crippen LogP contribution in [0.5, 0.6) is 5.75 Å². The lowest BCUT2D eigenvalue weighted by Crippen LogP contribution is -2.25. The van der Waals surface area contributed by atoms with Gasteiger partial charge in [0.2, 0.25) is 0 Å². The van der Waals surface area contributed by atoms with E-state index in [-0.39, 0.29) is 22.5 Å². The number of rotatable bonds is 4. The molecular weight excluding hydrogens is 454 g/mol. The summed E-state index contributed by atoms with van der Waals surface area (Å²) in [7, 11) is -3.72. The van der Waals surface area contributed by atoms with Gasteiger partial charge in [0.25, 0.3) is 15.9 Å². The van der Waals surface area contributed by atoms with Gasteiger partial charge in [0.05, 0.1) is 16.3 Å². The van der Waals surface area contributed by atoms with Gasteiger partial charge in [0, 0.05) is 15.4 Å². The Morgan fingerprint density at radius 2 is 1.96 bits per heavy atom. The van der Waals surface area contributed by atoms with E-state index >= 15 is 0 Å². The Morgan fingerprint density at radius 1 is 1.19 bits per heavy atom. The third-order valence-corrected chi connectivity index (χ3v) is 6.53. The number of ether oxygens (including phenoxy) is 1. The fraction of sp³-hybridized carbons (Fsp3) is 0.0588. The Labute approximate surface area is 167 Å². The van der Waals surface area contributed by atoms with E-state index in [0.717, 1.165) is 10.0 Å². The molecule has 0 saturated carbocycles. The molecule has 0 bridgehead atoms. The van der Waals surface area contributed by atoms with E-state index in [1.807, 2.05) is 0 Å². The van der Waals surface area contributed by atoms with E-state index in [9.17, 15) is 13.2 Å². The van der Waals surface area contributed by atoms with Crippen molar-refractivity contribution in [3.8, 4) is 17.0 Å². The molecule has 0 saturated heterocycles. The summed E-state index contributed by atoms with van der Waals surface area (Å²) in [5.74, 6) is 0.366. The summed E-state index contributed by atoms with van der Waals surface area (Å²) in [6, 6.07) is 11.6. The molecule has 2 N–H and O–H groups in total. The summed E-state index contributed by atoms with van der Waals surface area (Å²) in [6.07, 6.45) is 0. The lowest BCUT2D eigenvalue weighted by atomic mass is 10.1. The van der Waals surface area contributed by atoms with Crippen molar-refractivity contribution in [2.75, 3.05) is 16.6 Å². The number of hydrogen-bond donors (Lipinski definition) is 2. The molecule has 0 spiro atoms. The van der Waals surface area contributed by atoms with Gasteiger partial charge in [-0.1, -0.05) is 15.9 Å². The SMILES string of the molecule is O=C1COc2ccc(-c3csc(NS(=O)(=O)c4ccc(Br)cc4)n3)cc2N1. The van der Waals surface area contributed by atoms with Gasteiger partial charge in [-0.3, -0.25) is 9.52 Å². The zero-order chi connectivity index (χ0) is 19.0. The summed E-state index contributed by atoms with van der Waals surface area (Å²) < 4.78 is 33.5. The maximum atomic E-state index is 12.5. The van der Waals surface area contributed by atoms with E-state index in [2.05, 4.69) is 31.0 Å². The lowest BCUT2D eigenvalue weighted by Gasteiger charge is -2.18. The average Bonchev–Trinajstić information content (AvgIpc) is 3.09. The van der Waals surface area contributed by atoms with Crippen LogP contribution in [0.4, 0.5) is 10.8 Å². The van der Waals surface area contributed by atoms with Crippen LogP contribution in [0.2, 0.25) is 0 Å². The standard InChI is InChI=1S/C17H12BrN3O4S2/c18-11-2-4-12(5-3-11)27(23,24)21-17-20-14(9-26-17)10-1-6-15-13(7-10)19-16(22)8-25-15/h1-7,9H,8H2,(H,19,22)(H,20,21). The molecule has 7 nitrogen and oxygen atoms in total. The number of carbonyl (C=O) groups is 1. The van der Waals surface area contributed by atoms with Crippen LogP contribution in [0.1, 0.15) is 0 Å². The highest BCUT2D eigenvalue weighted by molar-refractivity contribution is 9.10. The molecule has 0 unspecified atom stereocenters. The molecular formula is C17H12BrN3O4S2. The van der Waals surface area contributed by atoms with Crippen molar-refractivity contribution in [2.45, 2.75) is 4.90 Å². The minimum absolute atomic E-state index is 0.00890. The number of halogens is 1. The Hall–Kier alpha value is -2.43. The maximum Gasteiger partial charge on any atom is 0.263 e. The van der Waals surface area contributed by atoms with Crippen molar-refractivity contribution in [3.05, 3.63) is 52.3 Å². The van der Waals surface area contributed by atoms with Gasteiger partial charge in [0.1, 0.15) is 5.75 Å². The molecule has 2 aromatic carbocycles. The van der Waals surface area contributed by atoms with Crippen molar-refractivity contribution < 1.29 is 17.9 Å². The smallest absolute Gasteiger partial charge is 0.263 e. The average molecular weight is 466 g/mol. The van der Waals surface area contributed by atoms with Crippen LogP contribution in [0, 0.1) is 0 Å². The summed E-state index contributed by atoms with van der Waals surface area (Å²) in [6.45, 7) is -0.00890. The summed E-state index contributed by atoms with van der Waals surface area (Å²) in [5.41, 5.74) is 1.90. The molecule has 4 rings (SSSR count). The molecule has 0 atom stereocenters. The highest BCUT2D eigenvalue weighted by atomic mass is 79.9. The van der Waals surface area contributed by atoms with Gasteiger partial charge in [-0.15, -0.1) is 11.3 Å². The van der Waals surface area contributed by atoms with Crippen molar-refractivity contribution in [1.82, 2.24) is 4.98 Å². The first kappa shape index (κ1) is 18.0. The number of sulfonamides is 1. The molecule has 0 radical (unpaired) electrons. The normalized spacial score (nSPS) is 13.4. The second-order valence-electron chi connectivity index (χ2n) is 5.65. The molecule has 0 aliphatic carbocycles. The molecule has 0 fully saturated rings. The number of benzene rings is 2. The van der Waals surface area contributed by atoms with Gasteiger partial charge in [-0.05, 0) is 42.5 Å². The maximum absolute atomic E-state index is 12.5. The summed E-state index contributed by atoms with van der Waals surface area (Å²) in [4.78, 5) is 16.0. The number of carbonyl (C=O) groups excluding carboxylic acids is 1. The molecule has 1 aromatic heterocycles. The predicted molar refractivity (Wildman–Crippen MR) is 107 cm³/mol. The van der Waals surface area contributed by atoms with E-state index in [4.69, 9.17) is 4.74 Å². The van der Waals surface area contributed by atoms with Gasteiger partial charge < -0.3 is 10.1 Å². The number of nitrogens with one attached hydrogen (secondary N) is 2. The van der Waals surface area contributed by atoms with E-state index in [0.29, 0.717) is 17.1 Å². The highest BCUT2D eigenvalue weighted by Gasteiger charge is 2.19. The molecule has 1 amide bonds. The van der Waals surface area contributed by atoms with Crippen molar-refractivity contribution in [2.24, 2.45) is 0 Å². The number of fused-ring (bicyclic) bond motifs is 1. The van der Waals surface area contributed by atoms with Crippen LogP contribution in [0.25, 0.3) is 11.3 Å². The molecule has 138 valence electrons. The first-order valence-electron chi connectivity index (χ1n) is 7.72. The van der Waals surface area contributed by atoms with E-state index < -0.39 is 10.0 Å². The monoisotopic (exact) mass is 465 g/mol. The molecule has 3 aromatic rings. The first-order chi connectivity index (χ1) is 12.9. The van der Waals surface area contributed by atoms with Crippen LogP contribution in [-0.4, -0.2) is 25.9 Å². The van der Waals surface area contributed by atoms with E-state index in [1.165, 1.54) is 23.5 Å². The summed E-state index contributed by atoms with van der Waals surface area (Å²) >= 11 is 4.46. The number of thiazole rings is 1. The minimum Gasteiger partial charge on any atom is -0.482 e. The number of amides is 1. The fourth-order valence-electron chi connectivity index (χ4n) is 2.48. The zero-order valence-corrected chi connectivity index (χ0v) is 16.8. The third kappa shape index (κ3) is 3.82. The minimum atomic E-state index is -3.72. The molecule has 1 aliphatic heterocycles. The van der Waals surface area contributed by atoms with Crippen LogP contribution >= 0.6 is 27.3 Å². The van der Waals surface area contributed by atoms with E-state index in [1.54, 1.807) is 35.7 Å². The molecule has 1 aliphatic rings. The topological polar surface area (TPSA) is 97.4 Å². The van der Waals surface area contributed by atoms with Gasteiger partial charge in [-0.25, -0.2) is 13.4 Å². The Balaban J connectivity index is 1.58. The first-order valence-corrected chi connectivity index (χ1v) is 10.9. The van der Waals surface area contributed by atoms with Crippen molar-refractivity contribution in [1.29, 1.82) is 0 Å². The van der Waals surface area contributed by atoms with Gasteiger partial charge >= 0.3 is 0 Å². The Morgan fingerprint density at radius 3 is 2.74 bits per heavy atom. The molecule has 2 heterocycles. The van der Waals surface area contributed by atoms with Crippen molar-refractivity contribution in [3.63, 3.8) is 0 Å². The molecule has 10 heteroatoms. The quantitative estimate of drug-likeness (QED) is 0.611. The second kappa shape index (κ2) is 6.95. The number of hydrogen-bond acceptors (Lipinski definition) is 6. The summed E-state index contributed by atoms with van der Waals surface area (Å²) in [5, 5.41) is 4.74. The van der Waals surface area contributed by atoms with Crippen LogP contribution in [-0.2, 0) is 14.8 Å². The van der Waals surface area contributed by atoms with Crippen LogP contribution < -0.4 is 14.8 Å². The van der Waals surface area contributed by atoms with Crippen molar-refractivity contribution >= 4 is 54.0 Å². The Bertz CT molecular complexity index is 1130. The largest absolute Gasteiger partial charge is 0.482 e. The predicted octanol–water partition coefficient (Wildman–Crippen LogP) is 3.70. The Kier molecular flexibility index (Phi) is 4.62. The van der Waals surface area contributed by atoms with Crippen LogP contribution in [0.3, 0.4) is 0 Å². The second-order valence-corrected chi connectivity index (χ2v) is 9.10.